The predicted octanol–water partition coefficient (Wildman–Crippen LogP) is 4.82. The van der Waals surface area contributed by atoms with Gasteiger partial charge in [-0.25, -0.2) is 0 Å². The fourth-order valence-corrected chi connectivity index (χ4v) is 2.41. The maximum atomic E-state index is 5.96. The van der Waals surface area contributed by atoms with Gasteiger partial charge < -0.3 is 4.74 Å². The lowest BCUT2D eigenvalue weighted by Gasteiger charge is -2.07. The first-order valence-corrected chi connectivity index (χ1v) is 7.19. The highest BCUT2D eigenvalue weighted by atomic mass is 35.5. The molecule has 0 radical (unpaired) electrons. The normalized spacial score (nSPS) is 10.3. The van der Waals surface area contributed by atoms with Crippen LogP contribution in [-0.2, 0) is 0 Å². The van der Waals surface area contributed by atoms with Gasteiger partial charge in [0, 0.05) is 15.7 Å². The van der Waals surface area contributed by atoms with Crippen LogP contribution in [0.25, 0.3) is 0 Å². The van der Waals surface area contributed by atoms with E-state index >= 15 is 0 Å². The molecule has 0 amide bonds. The minimum absolute atomic E-state index is 0.695. The molecule has 0 heterocycles. The van der Waals surface area contributed by atoms with Crippen LogP contribution in [0.1, 0.15) is 5.56 Å². The summed E-state index contributed by atoms with van der Waals surface area (Å²) in [7, 11) is 0. The van der Waals surface area contributed by atoms with Crippen molar-refractivity contribution in [2.75, 3.05) is 12.4 Å². The van der Waals surface area contributed by atoms with Gasteiger partial charge in [-0.2, -0.15) is 0 Å². The molecular formula is C15H15ClOS. The van der Waals surface area contributed by atoms with E-state index < -0.39 is 0 Å². The van der Waals surface area contributed by atoms with E-state index in [1.165, 1.54) is 4.90 Å². The van der Waals surface area contributed by atoms with Gasteiger partial charge in [0.25, 0.3) is 0 Å². The Balaban J connectivity index is 1.77. The summed E-state index contributed by atoms with van der Waals surface area (Å²) < 4.78 is 5.68. The van der Waals surface area contributed by atoms with Crippen molar-refractivity contribution in [3.05, 3.63) is 59.1 Å². The number of thioether (sulfide) groups is 1. The standard InChI is InChI=1S/C15H15ClOS/c1-12-11-13(7-8-15(12)16)17-9-10-18-14-5-3-2-4-6-14/h2-8,11H,9-10H2,1H3. The summed E-state index contributed by atoms with van der Waals surface area (Å²) in [5.41, 5.74) is 1.05. The topological polar surface area (TPSA) is 9.23 Å². The third kappa shape index (κ3) is 3.97. The summed E-state index contributed by atoms with van der Waals surface area (Å²) >= 11 is 7.76. The summed E-state index contributed by atoms with van der Waals surface area (Å²) in [6, 6.07) is 16.1. The number of ether oxygens (including phenoxy) is 1. The van der Waals surface area contributed by atoms with Gasteiger partial charge in [-0.05, 0) is 42.8 Å². The van der Waals surface area contributed by atoms with Crippen LogP contribution in [0.4, 0.5) is 0 Å². The molecule has 0 spiro atoms. The fourth-order valence-electron chi connectivity index (χ4n) is 1.54. The van der Waals surface area contributed by atoms with Crippen LogP contribution in [0.5, 0.6) is 5.75 Å². The van der Waals surface area contributed by atoms with Gasteiger partial charge >= 0.3 is 0 Å². The molecule has 0 fully saturated rings. The molecule has 0 bridgehead atoms. The van der Waals surface area contributed by atoms with E-state index in [-0.39, 0.29) is 0 Å². The average Bonchev–Trinajstić information content (AvgIpc) is 2.40. The van der Waals surface area contributed by atoms with Crippen LogP contribution in [0.3, 0.4) is 0 Å². The molecule has 0 N–H and O–H groups in total. The molecule has 0 saturated heterocycles. The van der Waals surface area contributed by atoms with E-state index in [2.05, 4.69) is 12.1 Å². The number of rotatable bonds is 5. The zero-order chi connectivity index (χ0) is 12.8. The van der Waals surface area contributed by atoms with Crippen molar-refractivity contribution in [3.8, 4) is 5.75 Å². The molecule has 94 valence electrons. The van der Waals surface area contributed by atoms with Crippen molar-refractivity contribution in [1.29, 1.82) is 0 Å². The molecule has 0 atom stereocenters. The van der Waals surface area contributed by atoms with Crippen molar-refractivity contribution in [1.82, 2.24) is 0 Å². The number of aryl methyl sites for hydroxylation is 1. The average molecular weight is 279 g/mol. The molecule has 0 unspecified atom stereocenters. The Morgan fingerprint density at radius 1 is 1.11 bits per heavy atom. The summed E-state index contributed by atoms with van der Waals surface area (Å²) in [4.78, 5) is 1.27. The molecule has 2 rings (SSSR count). The van der Waals surface area contributed by atoms with Gasteiger partial charge in [0.2, 0.25) is 0 Å². The Morgan fingerprint density at radius 3 is 2.61 bits per heavy atom. The van der Waals surface area contributed by atoms with Crippen LogP contribution >= 0.6 is 23.4 Å². The van der Waals surface area contributed by atoms with Crippen LogP contribution < -0.4 is 4.74 Å². The Kier molecular flexibility index (Phi) is 4.97. The lowest BCUT2D eigenvalue weighted by molar-refractivity contribution is 0.344. The summed E-state index contributed by atoms with van der Waals surface area (Å²) in [6.07, 6.45) is 0. The van der Waals surface area contributed by atoms with Crippen molar-refractivity contribution >= 4 is 23.4 Å². The number of hydrogen-bond donors (Lipinski definition) is 0. The molecule has 0 aliphatic rings. The van der Waals surface area contributed by atoms with Gasteiger partial charge in [0.1, 0.15) is 5.75 Å². The number of benzene rings is 2. The molecule has 3 heteroatoms. The van der Waals surface area contributed by atoms with Crippen molar-refractivity contribution in [3.63, 3.8) is 0 Å². The van der Waals surface area contributed by atoms with Gasteiger partial charge in [0.05, 0.1) is 6.61 Å². The molecule has 2 aromatic rings. The first kappa shape index (κ1) is 13.3. The summed E-state index contributed by atoms with van der Waals surface area (Å²) in [5.74, 6) is 1.82. The van der Waals surface area contributed by atoms with E-state index in [9.17, 15) is 0 Å². The Labute approximate surface area is 117 Å². The van der Waals surface area contributed by atoms with E-state index in [1.807, 2.05) is 43.3 Å². The second-order valence-corrected chi connectivity index (χ2v) is 5.50. The molecular weight excluding hydrogens is 264 g/mol. The van der Waals surface area contributed by atoms with Gasteiger partial charge in [0.15, 0.2) is 0 Å². The first-order chi connectivity index (χ1) is 8.75. The highest BCUT2D eigenvalue weighted by molar-refractivity contribution is 7.99. The van der Waals surface area contributed by atoms with Crippen LogP contribution in [0.2, 0.25) is 5.02 Å². The second-order valence-electron chi connectivity index (χ2n) is 3.92. The Hall–Kier alpha value is -1.12. The van der Waals surface area contributed by atoms with E-state index in [4.69, 9.17) is 16.3 Å². The van der Waals surface area contributed by atoms with Crippen molar-refractivity contribution < 1.29 is 4.74 Å². The van der Waals surface area contributed by atoms with Gasteiger partial charge in [-0.3, -0.25) is 0 Å². The minimum atomic E-state index is 0.695. The zero-order valence-corrected chi connectivity index (χ0v) is 11.8. The predicted molar refractivity (Wildman–Crippen MR) is 78.9 cm³/mol. The van der Waals surface area contributed by atoms with Crippen molar-refractivity contribution in [2.24, 2.45) is 0 Å². The van der Waals surface area contributed by atoms with E-state index in [0.717, 1.165) is 22.1 Å². The monoisotopic (exact) mass is 278 g/mol. The minimum Gasteiger partial charge on any atom is -0.493 e. The SMILES string of the molecule is Cc1cc(OCCSc2ccccc2)ccc1Cl. The number of halogens is 1. The van der Waals surface area contributed by atoms with Crippen LogP contribution in [0, 0.1) is 6.92 Å². The highest BCUT2D eigenvalue weighted by Gasteiger charge is 1.99. The van der Waals surface area contributed by atoms with Gasteiger partial charge in [-0.1, -0.05) is 29.8 Å². The summed E-state index contributed by atoms with van der Waals surface area (Å²) in [6.45, 7) is 2.68. The lowest BCUT2D eigenvalue weighted by atomic mass is 10.2. The third-order valence-corrected chi connectivity index (χ3v) is 3.89. The molecule has 0 aromatic heterocycles. The zero-order valence-electron chi connectivity index (χ0n) is 10.2. The summed E-state index contributed by atoms with van der Waals surface area (Å²) in [5, 5.41) is 0.779. The van der Waals surface area contributed by atoms with Crippen molar-refractivity contribution in [2.45, 2.75) is 11.8 Å². The lowest BCUT2D eigenvalue weighted by Crippen LogP contribution is -2.00. The molecule has 1 nitrogen and oxygen atoms in total. The maximum Gasteiger partial charge on any atom is 0.119 e. The molecule has 0 aliphatic carbocycles. The van der Waals surface area contributed by atoms with Crippen LogP contribution in [-0.4, -0.2) is 12.4 Å². The number of hydrogen-bond acceptors (Lipinski definition) is 2. The van der Waals surface area contributed by atoms with E-state index in [1.54, 1.807) is 11.8 Å². The maximum absolute atomic E-state index is 5.96. The molecule has 0 saturated carbocycles. The van der Waals surface area contributed by atoms with E-state index in [0.29, 0.717) is 6.61 Å². The van der Waals surface area contributed by atoms with Crippen LogP contribution in [0.15, 0.2) is 53.4 Å². The van der Waals surface area contributed by atoms with Gasteiger partial charge in [-0.15, -0.1) is 11.8 Å². The molecule has 2 aromatic carbocycles. The quantitative estimate of drug-likeness (QED) is 0.573. The largest absolute Gasteiger partial charge is 0.493 e. The fraction of sp³-hybridized carbons (Fsp3) is 0.200. The third-order valence-electron chi connectivity index (χ3n) is 2.49. The molecule has 0 aliphatic heterocycles. The Bertz CT molecular complexity index is 499. The highest BCUT2D eigenvalue weighted by Crippen LogP contribution is 2.22. The molecule has 18 heavy (non-hydrogen) atoms. The first-order valence-electron chi connectivity index (χ1n) is 5.82. The Morgan fingerprint density at radius 2 is 1.89 bits per heavy atom. The second kappa shape index (κ2) is 6.72. The smallest absolute Gasteiger partial charge is 0.119 e.